The number of nitrogen functional groups attached to an aromatic ring is 1. The van der Waals surface area contributed by atoms with E-state index in [9.17, 15) is 0 Å². The summed E-state index contributed by atoms with van der Waals surface area (Å²) in [6.07, 6.45) is 8.35. The van der Waals surface area contributed by atoms with Crippen LogP contribution >= 0.6 is 11.3 Å². The number of anilines is 1. The third-order valence-electron chi connectivity index (χ3n) is 3.86. The zero-order valence-electron chi connectivity index (χ0n) is 12.7. The first-order chi connectivity index (χ1) is 11.2. The summed E-state index contributed by atoms with van der Waals surface area (Å²) in [5, 5.41) is 1.99. The molecule has 114 valence electrons. The van der Waals surface area contributed by atoms with E-state index in [1.54, 1.807) is 0 Å². The second-order valence-electron chi connectivity index (χ2n) is 5.37. The Kier molecular flexibility index (Phi) is 3.36. The average Bonchev–Trinajstić information content (AvgIpc) is 3.16. The summed E-state index contributed by atoms with van der Waals surface area (Å²) in [7, 11) is 0. The van der Waals surface area contributed by atoms with Gasteiger partial charge in [-0.1, -0.05) is 18.8 Å². The number of hydrogen-bond acceptors (Lipinski definition) is 5. The van der Waals surface area contributed by atoms with Gasteiger partial charge in [0.2, 0.25) is 0 Å². The molecular weight excluding hydrogens is 306 g/mol. The molecule has 1 aliphatic rings. The lowest BCUT2D eigenvalue weighted by Gasteiger charge is -2.06. The zero-order valence-corrected chi connectivity index (χ0v) is 13.5. The number of fused-ring (bicyclic) bond motifs is 2. The number of nitrogens with two attached hydrogens (primary N) is 1. The number of allylic oxidation sites excluding steroid dienone is 1. The van der Waals surface area contributed by atoms with Crippen LogP contribution in [-0.4, -0.2) is 19.9 Å². The quantitative estimate of drug-likeness (QED) is 0.675. The Morgan fingerprint density at radius 3 is 3.09 bits per heavy atom. The van der Waals surface area contributed by atoms with E-state index in [-0.39, 0.29) is 0 Å². The molecule has 3 aromatic rings. The van der Waals surface area contributed by atoms with Crippen molar-refractivity contribution in [3.05, 3.63) is 39.2 Å². The molecule has 3 aromatic heterocycles. The summed E-state index contributed by atoms with van der Waals surface area (Å²) < 4.78 is 0. The molecule has 0 saturated heterocycles. The van der Waals surface area contributed by atoms with E-state index in [1.165, 1.54) is 16.2 Å². The van der Waals surface area contributed by atoms with Crippen molar-refractivity contribution in [1.82, 2.24) is 19.9 Å². The van der Waals surface area contributed by atoms with Crippen LogP contribution in [0.2, 0.25) is 0 Å². The van der Waals surface area contributed by atoms with Crippen LogP contribution < -0.4 is 5.73 Å². The highest BCUT2D eigenvalue weighted by Crippen LogP contribution is 2.29. The van der Waals surface area contributed by atoms with Gasteiger partial charge in [0, 0.05) is 16.6 Å². The molecule has 0 unspecified atom stereocenters. The van der Waals surface area contributed by atoms with Crippen LogP contribution in [0.4, 0.5) is 5.82 Å². The van der Waals surface area contributed by atoms with Crippen LogP contribution in [-0.2, 0) is 12.8 Å². The maximum absolute atomic E-state index is 5.93. The van der Waals surface area contributed by atoms with Crippen molar-refractivity contribution in [2.24, 2.45) is 0 Å². The molecule has 0 aromatic carbocycles. The van der Waals surface area contributed by atoms with E-state index in [1.807, 2.05) is 17.5 Å². The average molecular weight is 321 g/mol. The second kappa shape index (κ2) is 5.52. The Hall–Kier alpha value is -2.65. The Balaban J connectivity index is 1.70. The maximum Gasteiger partial charge on any atom is 0.144 e. The molecule has 23 heavy (non-hydrogen) atoms. The Bertz CT molecular complexity index is 983. The molecule has 1 aliphatic carbocycles. The second-order valence-corrected chi connectivity index (χ2v) is 6.54. The smallest absolute Gasteiger partial charge is 0.144 e. The van der Waals surface area contributed by atoms with Gasteiger partial charge < -0.3 is 10.7 Å². The number of rotatable bonds is 1. The maximum atomic E-state index is 5.93. The predicted molar refractivity (Wildman–Crippen MR) is 93.0 cm³/mol. The van der Waals surface area contributed by atoms with E-state index < -0.39 is 0 Å². The lowest BCUT2D eigenvalue weighted by molar-refractivity contribution is 0.966. The number of aromatic amines is 1. The van der Waals surface area contributed by atoms with Crippen LogP contribution in [0.3, 0.4) is 0 Å². The molecule has 0 bridgehead atoms. The van der Waals surface area contributed by atoms with Crippen molar-refractivity contribution < 1.29 is 0 Å². The Labute approximate surface area is 137 Å². The molecule has 0 saturated carbocycles. The number of nitrogens with zero attached hydrogens (tertiary/aromatic N) is 3. The van der Waals surface area contributed by atoms with Crippen molar-refractivity contribution in [2.75, 3.05) is 5.73 Å². The van der Waals surface area contributed by atoms with Crippen LogP contribution in [0.25, 0.3) is 17.1 Å². The number of H-pyrrole nitrogens is 1. The molecule has 0 fully saturated rings. The SMILES string of the molecule is CCc1nc2c(s1)CCC(C#Cc1c[nH]c3ncnc(N)c13)=C2. The number of thiazole rings is 1. The molecule has 3 N–H and O–H groups in total. The van der Waals surface area contributed by atoms with Gasteiger partial charge in [0.15, 0.2) is 0 Å². The fourth-order valence-corrected chi connectivity index (χ4v) is 3.66. The number of nitrogens with one attached hydrogen (secondary N) is 1. The van der Waals surface area contributed by atoms with Gasteiger partial charge >= 0.3 is 0 Å². The molecule has 0 spiro atoms. The highest BCUT2D eigenvalue weighted by Gasteiger charge is 2.14. The van der Waals surface area contributed by atoms with E-state index in [4.69, 9.17) is 5.73 Å². The molecule has 0 aliphatic heterocycles. The lowest BCUT2D eigenvalue weighted by atomic mass is 10.0. The Morgan fingerprint density at radius 2 is 2.22 bits per heavy atom. The molecule has 0 atom stereocenters. The van der Waals surface area contributed by atoms with Crippen molar-refractivity contribution in [3.63, 3.8) is 0 Å². The third-order valence-corrected chi connectivity index (χ3v) is 5.14. The number of hydrogen-bond donors (Lipinski definition) is 2. The highest BCUT2D eigenvalue weighted by atomic mass is 32.1. The highest BCUT2D eigenvalue weighted by molar-refractivity contribution is 7.11. The minimum Gasteiger partial charge on any atom is -0.383 e. The Morgan fingerprint density at radius 1 is 1.30 bits per heavy atom. The minimum atomic E-state index is 0.451. The van der Waals surface area contributed by atoms with Gasteiger partial charge in [0.1, 0.15) is 17.8 Å². The van der Waals surface area contributed by atoms with Gasteiger partial charge in [0.25, 0.3) is 0 Å². The topological polar surface area (TPSA) is 80.5 Å². The molecule has 5 nitrogen and oxygen atoms in total. The van der Waals surface area contributed by atoms with E-state index in [0.717, 1.165) is 41.5 Å². The monoisotopic (exact) mass is 321 g/mol. The first kappa shape index (κ1) is 14.0. The molecule has 0 radical (unpaired) electrons. The number of aromatic nitrogens is 4. The van der Waals surface area contributed by atoms with Crippen LogP contribution in [0.5, 0.6) is 0 Å². The fraction of sp³-hybridized carbons (Fsp3) is 0.235. The summed E-state index contributed by atoms with van der Waals surface area (Å²) in [4.78, 5) is 17.3. The molecule has 6 heteroatoms. The van der Waals surface area contributed by atoms with E-state index >= 15 is 0 Å². The van der Waals surface area contributed by atoms with Crippen molar-refractivity contribution in [2.45, 2.75) is 26.2 Å². The van der Waals surface area contributed by atoms with Gasteiger partial charge in [-0.15, -0.1) is 11.3 Å². The van der Waals surface area contributed by atoms with Crippen LogP contribution in [0, 0.1) is 11.8 Å². The van der Waals surface area contributed by atoms with Gasteiger partial charge in [-0.2, -0.15) is 0 Å². The van der Waals surface area contributed by atoms with Gasteiger partial charge in [0.05, 0.1) is 21.7 Å². The summed E-state index contributed by atoms with van der Waals surface area (Å²) in [5.41, 5.74) is 9.67. The largest absolute Gasteiger partial charge is 0.383 e. The van der Waals surface area contributed by atoms with Gasteiger partial charge in [-0.3, -0.25) is 0 Å². The van der Waals surface area contributed by atoms with Crippen molar-refractivity contribution in [1.29, 1.82) is 0 Å². The summed E-state index contributed by atoms with van der Waals surface area (Å²) >= 11 is 1.82. The molecule has 3 heterocycles. The van der Waals surface area contributed by atoms with Crippen molar-refractivity contribution in [3.8, 4) is 11.8 Å². The zero-order chi connectivity index (χ0) is 15.8. The van der Waals surface area contributed by atoms with E-state index in [0.29, 0.717) is 11.5 Å². The van der Waals surface area contributed by atoms with Gasteiger partial charge in [-0.05, 0) is 25.3 Å². The van der Waals surface area contributed by atoms with E-state index in [2.05, 4.69) is 44.8 Å². The fourth-order valence-electron chi connectivity index (χ4n) is 2.67. The molecule has 0 amide bonds. The molecule has 4 rings (SSSR count). The minimum absolute atomic E-state index is 0.451. The van der Waals surface area contributed by atoms with Crippen LogP contribution in [0.15, 0.2) is 18.1 Å². The summed E-state index contributed by atoms with van der Waals surface area (Å²) in [6, 6.07) is 0. The van der Waals surface area contributed by atoms with Crippen molar-refractivity contribution >= 4 is 34.3 Å². The first-order valence-electron chi connectivity index (χ1n) is 7.53. The standard InChI is InChI=1S/C17H15N5S/c1-2-14-22-12-7-10(4-6-13(12)23-14)3-5-11-8-19-17-15(11)16(18)20-9-21-17/h7-9H,2,4,6H2,1H3,(H3,18,19,20,21). The van der Waals surface area contributed by atoms with Crippen LogP contribution in [0.1, 0.15) is 34.5 Å². The lowest BCUT2D eigenvalue weighted by Crippen LogP contribution is -1.95. The predicted octanol–water partition coefficient (Wildman–Crippen LogP) is 2.94. The summed E-state index contributed by atoms with van der Waals surface area (Å²) in [5.74, 6) is 6.90. The molecular formula is C17H15N5S. The normalized spacial score (nSPS) is 13.3. The number of aryl methyl sites for hydroxylation is 2. The third kappa shape index (κ3) is 2.49. The van der Waals surface area contributed by atoms with Gasteiger partial charge in [-0.25, -0.2) is 15.0 Å². The first-order valence-corrected chi connectivity index (χ1v) is 8.35. The summed E-state index contributed by atoms with van der Waals surface area (Å²) in [6.45, 7) is 2.14.